The van der Waals surface area contributed by atoms with E-state index in [-0.39, 0.29) is 5.56 Å². The molecule has 0 spiro atoms. The van der Waals surface area contributed by atoms with Gasteiger partial charge in [0.25, 0.3) is 0 Å². The third kappa shape index (κ3) is 3.30. The summed E-state index contributed by atoms with van der Waals surface area (Å²) >= 11 is 0. The van der Waals surface area contributed by atoms with Crippen molar-refractivity contribution < 1.29 is 8.95 Å². The normalized spacial score (nSPS) is 15.5. The van der Waals surface area contributed by atoms with Crippen LogP contribution in [0.1, 0.15) is 12.8 Å². The van der Waals surface area contributed by atoms with Gasteiger partial charge in [-0.1, -0.05) is 0 Å². The zero-order valence-electron chi connectivity index (χ0n) is 12.7. The van der Waals surface area contributed by atoms with E-state index in [4.69, 9.17) is 4.74 Å². The first-order chi connectivity index (χ1) is 10.5. The fourth-order valence-corrected chi connectivity index (χ4v) is 2.83. The van der Waals surface area contributed by atoms with E-state index in [2.05, 4.69) is 0 Å². The van der Waals surface area contributed by atoms with Gasteiger partial charge in [0.15, 0.2) is 0 Å². The van der Waals surface area contributed by atoms with Gasteiger partial charge in [-0.25, -0.2) is 0 Å². The summed E-state index contributed by atoms with van der Waals surface area (Å²) in [4.78, 5) is 12.3. The molecule has 0 saturated heterocycles. The summed E-state index contributed by atoms with van der Waals surface area (Å²) < 4.78 is 19.2. The molecule has 3 rings (SSSR count). The minimum absolute atomic E-state index is 0.0561. The van der Waals surface area contributed by atoms with Crippen LogP contribution in [0, 0.1) is 5.92 Å². The third-order valence-corrected chi connectivity index (χ3v) is 4.77. The van der Waals surface area contributed by atoms with Crippen LogP contribution >= 0.6 is 0 Å². The van der Waals surface area contributed by atoms with E-state index < -0.39 is 10.8 Å². The molecule has 1 fully saturated rings. The lowest BCUT2D eigenvalue weighted by molar-refractivity contribution is 0.301. The van der Waals surface area contributed by atoms with Crippen LogP contribution in [0.5, 0.6) is 5.75 Å². The number of aryl methyl sites for hydroxylation is 1. The topological polar surface area (TPSA) is 48.3 Å². The molecule has 22 heavy (non-hydrogen) atoms. The van der Waals surface area contributed by atoms with Gasteiger partial charge in [0.2, 0.25) is 5.56 Å². The molecule has 0 radical (unpaired) electrons. The largest absolute Gasteiger partial charge is 0.493 e. The van der Waals surface area contributed by atoms with Crippen molar-refractivity contribution in [1.82, 2.24) is 4.57 Å². The molecule has 5 heteroatoms. The maximum absolute atomic E-state index is 11.8. The lowest BCUT2D eigenvalue weighted by atomic mass is 10.1. The average Bonchev–Trinajstić information content (AvgIpc) is 3.32. The van der Waals surface area contributed by atoms with E-state index in [0.29, 0.717) is 12.5 Å². The predicted molar refractivity (Wildman–Crippen MR) is 87.7 cm³/mol. The van der Waals surface area contributed by atoms with Crippen LogP contribution in [-0.2, 0) is 17.8 Å². The molecule has 1 unspecified atom stereocenters. The Hall–Kier alpha value is -1.88. The van der Waals surface area contributed by atoms with Gasteiger partial charge in [0, 0.05) is 52.4 Å². The van der Waals surface area contributed by atoms with Gasteiger partial charge in [-0.2, -0.15) is 0 Å². The van der Waals surface area contributed by atoms with Gasteiger partial charge in [-0.15, -0.1) is 0 Å². The van der Waals surface area contributed by atoms with E-state index >= 15 is 0 Å². The Morgan fingerprint density at radius 2 is 2.05 bits per heavy atom. The number of ether oxygens (including phenoxy) is 1. The van der Waals surface area contributed by atoms with Crippen LogP contribution in [0.15, 0.2) is 46.2 Å². The minimum Gasteiger partial charge on any atom is -0.493 e. The summed E-state index contributed by atoms with van der Waals surface area (Å²) in [6.07, 6.45) is 5.90. The highest BCUT2D eigenvalue weighted by atomic mass is 32.2. The first kappa shape index (κ1) is 15.0. The Morgan fingerprint density at radius 3 is 2.68 bits per heavy atom. The van der Waals surface area contributed by atoms with Crippen molar-refractivity contribution in [3.8, 4) is 16.9 Å². The Balaban J connectivity index is 2.03. The van der Waals surface area contributed by atoms with Gasteiger partial charge in [0.05, 0.1) is 6.61 Å². The molecule has 0 bridgehead atoms. The van der Waals surface area contributed by atoms with E-state index in [1.165, 1.54) is 23.5 Å². The minimum atomic E-state index is -1.06. The number of benzene rings is 1. The number of hydrogen-bond acceptors (Lipinski definition) is 3. The van der Waals surface area contributed by atoms with Gasteiger partial charge < -0.3 is 9.30 Å². The van der Waals surface area contributed by atoms with Gasteiger partial charge in [-0.05, 0) is 43.0 Å². The summed E-state index contributed by atoms with van der Waals surface area (Å²) in [5.41, 5.74) is 1.71. The second kappa shape index (κ2) is 6.08. The zero-order valence-corrected chi connectivity index (χ0v) is 13.6. The van der Waals surface area contributed by atoms with Crippen molar-refractivity contribution >= 4 is 10.8 Å². The van der Waals surface area contributed by atoms with Crippen molar-refractivity contribution in [2.75, 3.05) is 12.9 Å². The highest BCUT2D eigenvalue weighted by Crippen LogP contribution is 2.34. The number of pyridine rings is 1. The first-order valence-corrected chi connectivity index (χ1v) is 8.88. The van der Waals surface area contributed by atoms with Gasteiger partial charge >= 0.3 is 0 Å². The Labute approximate surface area is 132 Å². The lowest BCUT2D eigenvalue weighted by Gasteiger charge is -2.13. The monoisotopic (exact) mass is 317 g/mol. The molecule has 1 aromatic heterocycles. The fraction of sp³-hybridized carbons (Fsp3) is 0.353. The fourth-order valence-electron chi connectivity index (χ4n) is 2.28. The highest BCUT2D eigenvalue weighted by molar-refractivity contribution is 7.84. The number of aromatic nitrogens is 1. The molecule has 4 nitrogen and oxygen atoms in total. The number of rotatable bonds is 5. The second-order valence-electron chi connectivity index (χ2n) is 5.73. The molecule has 1 saturated carbocycles. The molecule has 2 aromatic rings. The van der Waals surface area contributed by atoms with E-state index in [9.17, 15) is 9.00 Å². The average molecular weight is 317 g/mol. The standard InChI is InChI=1S/C17H19NO3S/c1-18-10-13(5-8-17(18)19)15-9-14(22(2)20)6-7-16(15)21-11-12-3-4-12/h5-10,12H,3-4,11H2,1-2H3. The van der Waals surface area contributed by atoms with Crippen molar-refractivity contribution in [1.29, 1.82) is 0 Å². The van der Waals surface area contributed by atoms with Crippen LogP contribution in [-0.4, -0.2) is 21.6 Å². The second-order valence-corrected chi connectivity index (χ2v) is 7.11. The summed E-state index contributed by atoms with van der Waals surface area (Å²) in [7, 11) is 0.665. The van der Waals surface area contributed by atoms with Crippen molar-refractivity contribution in [2.24, 2.45) is 13.0 Å². The molecule has 1 atom stereocenters. The zero-order chi connectivity index (χ0) is 15.7. The molecule has 0 N–H and O–H groups in total. The third-order valence-electron chi connectivity index (χ3n) is 3.85. The van der Waals surface area contributed by atoms with Crippen molar-refractivity contribution in [2.45, 2.75) is 17.7 Å². The number of hydrogen-bond donors (Lipinski definition) is 0. The molecule has 1 aliphatic rings. The quantitative estimate of drug-likeness (QED) is 0.851. The molecule has 0 amide bonds. The SMILES string of the molecule is Cn1cc(-c2cc(S(C)=O)ccc2OCC2CC2)ccc1=O. The lowest BCUT2D eigenvalue weighted by Crippen LogP contribution is -2.14. The number of nitrogens with zero attached hydrogens (tertiary/aromatic N) is 1. The Morgan fingerprint density at radius 1 is 1.27 bits per heavy atom. The molecular weight excluding hydrogens is 298 g/mol. The van der Waals surface area contributed by atoms with Crippen LogP contribution in [0.2, 0.25) is 0 Å². The van der Waals surface area contributed by atoms with Crippen LogP contribution in [0.25, 0.3) is 11.1 Å². The first-order valence-electron chi connectivity index (χ1n) is 7.32. The van der Waals surface area contributed by atoms with Gasteiger partial charge in [-0.3, -0.25) is 9.00 Å². The summed E-state index contributed by atoms with van der Waals surface area (Å²) in [5, 5.41) is 0. The Kier molecular flexibility index (Phi) is 4.16. The molecular formula is C17H19NO3S. The highest BCUT2D eigenvalue weighted by Gasteiger charge is 2.22. The molecule has 1 heterocycles. The smallest absolute Gasteiger partial charge is 0.250 e. The Bertz CT molecular complexity index is 778. The van der Waals surface area contributed by atoms with Crippen molar-refractivity contribution in [3.05, 3.63) is 46.9 Å². The molecule has 1 aromatic carbocycles. The maximum Gasteiger partial charge on any atom is 0.250 e. The van der Waals surface area contributed by atoms with Crippen LogP contribution in [0.3, 0.4) is 0 Å². The molecule has 1 aliphatic carbocycles. The molecule has 0 aliphatic heterocycles. The molecule has 116 valence electrons. The summed E-state index contributed by atoms with van der Waals surface area (Å²) in [5.74, 6) is 1.44. The summed E-state index contributed by atoms with van der Waals surface area (Å²) in [6, 6.07) is 8.92. The van der Waals surface area contributed by atoms with E-state index in [1.807, 2.05) is 18.2 Å². The van der Waals surface area contributed by atoms with Gasteiger partial charge in [0.1, 0.15) is 5.75 Å². The summed E-state index contributed by atoms with van der Waals surface area (Å²) in [6.45, 7) is 0.716. The van der Waals surface area contributed by atoms with E-state index in [0.717, 1.165) is 21.8 Å². The predicted octanol–water partition coefficient (Wildman–Crippen LogP) is 2.58. The van der Waals surface area contributed by atoms with Crippen LogP contribution < -0.4 is 10.3 Å². The van der Waals surface area contributed by atoms with E-state index in [1.54, 1.807) is 25.6 Å². The van der Waals surface area contributed by atoms with Crippen LogP contribution in [0.4, 0.5) is 0 Å². The van der Waals surface area contributed by atoms with Crippen molar-refractivity contribution in [3.63, 3.8) is 0 Å². The maximum atomic E-state index is 11.8.